The molecule has 110 valence electrons. The quantitative estimate of drug-likeness (QED) is 0.828. The Morgan fingerprint density at radius 1 is 1.05 bits per heavy atom. The maximum atomic E-state index is 12.0. The van der Waals surface area contributed by atoms with Gasteiger partial charge in [0.25, 0.3) is 0 Å². The second kappa shape index (κ2) is 7.60. The molecule has 0 aliphatic rings. The fourth-order valence-electron chi connectivity index (χ4n) is 2.21. The summed E-state index contributed by atoms with van der Waals surface area (Å²) in [4.78, 5) is 12.0. The zero-order chi connectivity index (χ0) is 15.1. The molecule has 0 amide bonds. The predicted octanol–water partition coefficient (Wildman–Crippen LogP) is 3.25. The summed E-state index contributed by atoms with van der Waals surface area (Å²) in [7, 11) is 0. The average molecular weight is 283 g/mol. The minimum Gasteiger partial charge on any atom is -0.456 e. The molecular formula is C18H21NO2. The van der Waals surface area contributed by atoms with Crippen molar-refractivity contribution in [3.63, 3.8) is 0 Å². The molecule has 3 nitrogen and oxygen atoms in total. The lowest BCUT2D eigenvalue weighted by molar-refractivity contribution is -0.150. The number of carbonyl (C=O) groups is 1. The second-order valence-corrected chi connectivity index (χ2v) is 5.17. The van der Waals surface area contributed by atoms with E-state index in [0.717, 1.165) is 11.1 Å². The van der Waals surface area contributed by atoms with Gasteiger partial charge in [0.2, 0.25) is 0 Å². The highest BCUT2D eigenvalue weighted by molar-refractivity contribution is 5.70. The monoisotopic (exact) mass is 283 g/mol. The van der Waals surface area contributed by atoms with E-state index in [2.05, 4.69) is 0 Å². The van der Waals surface area contributed by atoms with Crippen LogP contribution in [0, 0.1) is 0 Å². The Bertz CT molecular complexity index is 552. The van der Waals surface area contributed by atoms with E-state index in [0.29, 0.717) is 12.8 Å². The molecular weight excluding hydrogens is 262 g/mol. The lowest BCUT2D eigenvalue weighted by Gasteiger charge is -2.21. The maximum absolute atomic E-state index is 12.0. The van der Waals surface area contributed by atoms with Gasteiger partial charge in [0.05, 0.1) is 0 Å². The molecule has 0 fully saturated rings. The van der Waals surface area contributed by atoms with Gasteiger partial charge < -0.3 is 10.5 Å². The molecule has 0 saturated heterocycles. The fraction of sp³-hybridized carbons (Fsp3) is 0.278. The number of hydrogen-bond acceptors (Lipinski definition) is 3. The smallest absolute Gasteiger partial charge is 0.306 e. The third-order valence-corrected chi connectivity index (χ3v) is 3.32. The Hall–Kier alpha value is -2.13. The molecule has 2 aromatic rings. The van der Waals surface area contributed by atoms with Crippen molar-refractivity contribution in [2.45, 2.75) is 31.9 Å². The minimum absolute atomic E-state index is 0.218. The van der Waals surface area contributed by atoms with Gasteiger partial charge in [-0.15, -0.1) is 0 Å². The van der Waals surface area contributed by atoms with Gasteiger partial charge in [-0.2, -0.15) is 0 Å². The summed E-state index contributed by atoms with van der Waals surface area (Å²) in [6, 6.07) is 19.3. The predicted molar refractivity (Wildman–Crippen MR) is 83.7 cm³/mol. The second-order valence-electron chi connectivity index (χ2n) is 5.17. The highest BCUT2D eigenvalue weighted by Crippen LogP contribution is 2.21. The van der Waals surface area contributed by atoms with Gasteiger partial charge >= 0.3 is 5.97 Å². The van der Waals surface area contributed by atoms with Crippen LogP contribution in [0.15, 0.2) is 60.7 Å². The first-order valence-corrected chi connectivity index (χ1v) is 7.21. The fourth-order valence-corrected chi connectivity index (χ4v) is 2.21. The molecule has 2 N–H and O–H groups in total. The Morgan fingerprint density at radius 3 is 2.19 bits per heavy atom. The summed E-state index contributed by atoms with van der Waals surface area (Å²) < 4.78 is 5.56. The molecule has 3 heteroatoms. The molecule has 0 aliphatic heterocycles. The Morgan fingerprint density at radius 2 is 1.62 bits per heavy atom. The van der Waals surface area contributed by atoms with Gasteiger partial charge in [-0.25, -0.2) is 0 Å². The number of hydrogen-bond donors (Lipinski definition) is 1. The number of esters is 1. The standard InChI is InChI=1S/C18H21NO2/c1-14(19)18(16-10-6-3-7-11-16)21-17(20)13-12-15-8-4-2-5-9-15/h2-11,14,18H,12-13,19H2,1H3. The lowest BCUT2D eigenvalue weighted by Crippen LogP contribution is -2.29. The van der Waals surface area contributed by atoms with Crippen molar-refractivity contribution >= 4 is 5.97 Å². The summed E-state index contributed by atoms with van der Waals surface area (Å²) in [5.41, 5.74) is 8.01. The van der Waals surface area contributed by atoms with Crippen LogP contribution in [0.25, 0.3) is 0 Å². The zero-order valence-electron chi connectivity index (χ0n) is 12.2. The van der Waals surface area contributed by atoms with Crippen LogP contribution in [-0.2, 0) is 16.0 Å². The molecule has 21 heavy (non-hydrogen) atoms. The van der Waals surface area contributed by atoms with E-state index in [1.54, 1.807) is 0 Å². The van der Waals surface area contributed by atoms with E-state index < -0.39 is 6.10 Å². The van der Waals surface area contributed by atoms with Gasteiger partial charge in [-0.1, -0.05) is 60.7 Å². The molecule has 0 spiro atoms. The first kappa shape index (κ1) is 15.3. The van der Waals surface area contributed by atoms with E-state index in [1.807, 2.05) is 67.6 Å². The van der Waals surface area contributed by atoms with Crippen molar-refractivity contribution < 1.29 is 9.53 Å². The van der Waals surface area contributed by atoms with E-state index >= 15 is 0 Å². The van der Waals surface area contributed by atoms with Crippen molar-refractivity contribution in [2.75, 3.05) is 0 Å². The number of aryl methyl sites for hydroxylation is 1. The molecule has 0 aliphatic carbocycles. The van der Waals surface area contributed by atoms with Crippen LogP contribution in [0.2, 0.25) is 0 Å². The van der Waals surface area contributed by atoms with E-state index in [-0.39, 0.29) is 12.0 Å². The van der Waals surface area contributed by atoms with Crippen LogP contribution in [0.5, 0.6) is 0 Å². The van der Waals surface area contributed by atoms with Crippen LogP contribution < -0.4 is 5.73 Å². The average Bonchev–Trinajstić information content (AvgIpc) is 2.52. The number of carbonyl (C=O) groups excluding carboxylic acids is 1. The molecule has 2 atom stereocenters. The van der Waals surface area contributed by atoms with Gasteiger partial charge in [-0.05, 0) is 24.5 Å². The largest absolute Gasteiger partial charge is 0.456 e. The number of benzene rings is 2. The molecule has 0 heterocycles. The molecule has 0 radical (unpaired) electrons. The summed E-state index contributed by atoms with van der Waals surface area (Å²) >= 11 is 0. The summed E-state index contributed by atoms with van der Waals surface area (Å²) in [5, 5.41) is 0. The lowest BCUT2D eigenvalue weighted by atomic mass is 10.0. The molecule has 2 rings (SSSR count). The molecule has 0 saturated carbocycles. The van der Waals surface area contributed by atoms with Gasteiger partial charge in [0.15, 0.2) is 0 Å². The van der Waals surface area contributed by atoms with Crippen LogP contribution in [0.1, 0.15) is 30.6 Å². The van der Waals surface area contributed by atoms with E-state index in [4.69, 9.17) is 10.5 Å². The highest BCUT2D eigenvalue weighted by atomic mass is 16.5. The van der Waals surface area contributed by atoms with Crippen LogP contribution in [0.4, 0.5) is 0 Å². The zero-order valence-corrected chi connectivity index (χ0v) is 12.2. The molecule has 2 aromatic carbocycles. The van der Waals surface area contributed by atoms with Crippen molar-refractivity contribution in [1.82, 2.24) is 0 Å². The number of ether oxygens (including phenoxy) is 1. The van der Waals surface area contributed by atoms with Crippen molar-refractivity contribution in [2.24, 2.45) is 5.73 Å². The highest BCUT2D eigenvalue weighted by Gasteiger charge is 2.20. The summed E-state index contributed by atoms with van der Waals surface area (Å²) in [6.07, 6.45) is 0.648. The SMILES string of the molecule is CC(N)C(OC(=O)CCc1ccccc1)c1ccccc1. The van der Waals surface area contributed by atoms with Crippen LogP contribution in [0.3, 0.4) is 0 Å². The van der Waals surface area contributed by atoms with Gasteiger partial charge in [0.1, 0.15) is 6.10 Å². The summed E-state index contributed by atoms with van der Waals surface area (Å²) in [5.74, 6) is -0.218. The van der Waals surface area contributed by atoms with E-state index in [9.17, 15) is 4.79 Å². The normalized spacial score (nSPS) is 13.4. The number of nitrogens with two attached hydrogens (primary N) is 1. The van der Waals surface area contributed by atoms with Gasteiger partial charge in [0, 0.05) is 12.5 Å². The molecule has 0 bridgehead atoms. The number of rotatable bonds is 6. The van der Waals surface area contributed by atoms with E-state index in [1.165, 1.54) is 0 Å². The summed E-state index contributed by atoms with van der Waals surface area (Å²) in [6.45, 7) is 1.85. The molecule has 0 aromatic heterocycles. The Labute approximate surface area is 125 Å². The van der Waals surface area contributed by atoms with Crippen LogP contribution >= 0.6 is 0 Å². The van der Waals surface area contributed by atoms with Crippen molar-refractivity contribution in [3.8, 4) is 0 Å². The molecule has 2 unspecified atom stereocenters. The first-order valence-electron chi connectivity index (χ1n) is 7.21. The topological polar surface area (TPSA) is 52.3 Å². The minimum atomic E-state index is -0.394. The van der Waals surface area contributed by atoms with Gasteiger partial charge in [-0.3, -0.25) is 4.79 Å². The Balaban J connectivity index is 1.93. The van der Waals surface area contributed by atoms with Crippen molar-refractivity contribution in [3.05, 3.63) is 71.8 Å². The van der Waals surface area contributed by atoms with Crippen LogP contribution in [-0.4, -0.2) is 12.0 Å². The maximum Gasteiger partial charge on any atom is 0.306 e. The third kappa shape index (κ3) is 4.72. The first-order chi connectivity index (χ1) is 10.2. The third-order valence-electron chi connectivity index (χ3n) is 3.32. The Kier molecular flexibility index (Phi) is 5.52. The van der Waals surface area contributed by atoms with Crippen molar-refractivity contribution in [1.29, 1.82) is 0 Å².